The molecule has 2 atom stereocenters. The number of alkyl halides is 2. The lowest BCUT2D eigenvalue weighted by Gasteiger charge is -2.31. The minimum atomic E-state index is -1.42. The molecule has 0 aromatic carbocycles. The van der Waals surface area contributed by atoms with Crippen molar-refractivity contribution >= 4 is 11.6 Å². The Morgan fingerprint density at radius 1 is 1.40 bits per heavy atom. The van der Waals surface area contributed by atoms with E-state index in [2.05, 4.69) is 0 Å². The zero-order valence-corrected chi connectivity index (χ0v) is 9.88. The van der Waals surface area contributed by atoms with Crippen molar-refractivity contribution in [2.45, 2.75) is 56.9 Å². The van der Waals surface area contributed by atoms with Crippen LogP contribution in [0.1, 0.15) is 39.0 Å². The van der Waals surface area contributed by atoms with Crippen LogP contribution >= 0.6 is 11.6 Å². The van der Waals surface area contributed by atoms with E-state index in [9.17, 15) is 14.6 Å². The number of rotatable bonds is 4. The quantitative estimate of drug-likeness (QED) is 0.738. The Morgan fingerprint density at radius 2 is 1.93 bits per heavy atom. The monoisotopic (exact) mass is 238 g/mol. The van der Waals surface area contributed by atoms with Crippen LogP contribution in [0.2, 0.25) is 0 Å². The Morgan fingerprint density at radius 3 is 2.40 bits per heavy atom. The van der Waals surface area contributed by atoms with Crippen LogP contribution < -0.4 is 0 Å². The molecular formula is C11H20ClFO2. The first kappa shape index (κ1) is 13.2. The van der Waals surface area contributed by atoms with Gasteiger partial charge in [-0.05, 0) is 44.9 Å². The molecule has 4 heteroatoms. The summed E-state index contributed by atoms with van der Waals surface area (Å²) in [6.07, 6.45) is 2.07. The van der Waals surface area contributed by atoms with Gasteiger partial charge in [-0.2, -0.15) is 0 Å². The highest BCUT2D eigenvalue weighted by atomic mass is 35.5. The van der Waals surface area contributed by atoms with Crippen molar-refractivity contribution in [2.24, 2.45) is 5.92 Å². The van der Waals surface area contributed by atoms with Gasteiger partial charge in [-0.15, -0.1) is 11.6 Å². The molecule has 1 aliphatic rings. The predicted molar refractivity (Wildman–Crippen MR) is 58.8 cm³/mol. The molecule has 90 valence electrons. The Hall–Kier alpha value is 0.140. The van der Waals surface area contributed by atoms with E-state index in [-0.39, 0.29) is 17.9 Å². The smallest absolute Gasteiger partial charge is 0.130 e. The molecular weight excluding hydrogens is 219 g/mol. The normalized spacial score (nSPS) is 33.4. The lowest BCUT2D eigenvalue weighted by molar-refractivity contribution is -0.0163. The summed E-state index contributed by atoms with van der Waals surface area (Å²) in [6.45, 7) is 1.43. The second-order valence-corrected chi connectivity index (χ2v) is 5.14. The molecule has 2 N–H and O–H groups in total. The van der Waals surface area contributed by atoms with Crippen LogP contribution in [0.4, 0.5) is 4.39 Å². The largest absolute Gasteiger partial charge is 0.393 e. The van der Waals surface area contributed by atoms with E-state index in [1.807, 2.05) is 0 Å². The third kappa shape index (κ3) is 3.89. The van der Waals surface area contributed by atoms with Gasteiger partial charge in [0.1, 0.15) is 11.8 Å². The average Bonchev–Trinajstić information content (AvgIpc) is 2.21. The number of halogens is 2. The summed E-state index contributed by atoms with van der Waals surface area (Å²) in [5.74, 6) is 0.196. The van der Waals surface area contributed by atoms with Crippen LogP contribution in [-0.4, -0.2) is 34.0 Å². The number of aliphatic hydroxyl groups is 2. The van der Waals surface area contributed by atoms with Gasteiger partial charge in [0.05, 0.1) is 12.0 Å². The zero-order valence-electron chi connectivity index (χ0n) is 9.13. The number of aliphatic hydroxyl groups excluding tert-OH is 1. The first-order chi connectivity index (χ1) is 6.95. The van der Waals surface area contributed by atoms with E-state index in [0.29, 0.717) is 6.42 Å². The second kappa shape index (κ2) is 5.46. The minimum Gasteiger partial charge on any atom is -0.393 e. The summed E-state index contributed by atoms with van der Waals surface area (Å²) >= 11 is 5.50. The fraction of sp³-hybridized carbons (Fsp3) is 1.00. The highest BCUT2D eigenvalue weighted by molar-refractivity contribution is 6.18. The van der Waals surface area contributed by atoms with Gasteiger partial charge in [-0.1, -0.05) is 0 Å². The summed E-state index contributed by atoms with van der Waals surface area (Å²) in [7, 11) is 0. The molecule has 0 aromatic heterocycles. The maximum Gasteiger partial charge on any atom is 0.130 e. The molecule has 0 aromatic rings. The van der Waals surface area contributed by atoms with Crippen molar-refractivity contribution in [2.75, 3.05) is 5.88 Å². The standard InChI is InChI=1S/C11H20ClFO2/c1-11(15,7-12)10(13)6-8-2-4-9(14)5-3-8/h8-10,14-15H,2-7H2,1H3. The molecule has 0 amide bonds. The molecule has 0 spiro atoms. The molecule has 2 unspecified atom stereocenters. The maximum atomic E-state index is 13.7. The highest BCUT2D eigenvalue weighted by Crippen LogP contribution is 2.31. The third-order valence-electron chi connectivity index (χ3n) is 3.30. The van der Waals surface area contributed by atoms with Gasteiger partial charge in [0, 0.05) is 0 Å². The Kier molecular flexibility index (Phi) is 4.81. The van der Waals surface area contributed by atoms with E-state index < -0.39 is 11.8 Å². The fourth-order valence-electron chi connectivity index (χ4n) is 2.01. The van der Waals surface area contributed by atoms with Gasteiger partial charge in [-0.3, -0.25) is 0 Å². The number of hydrogen-bond acceptors (Lipinski definition) is 2. The molecule has 1 rings (SSSR count). The molecule has 1 saturated carbocycles. The van der Waals surface area contributed by atoms with Gasteiger partial charge >= 0.3 is 0 Å². The summed E-state index contributed by atoms with van der Waals surface area (Å²) in [5.41, 5.74) is -1.42. The van der Waals surface area contributed by atoms with Crippen LogP contribution in [0.15, 0.2) is 0 Å². The van der Waals surface area contributed by atoms with Gasteiger partial charge in [-0.25, -0.2) is 4.39 Å². The zero-order chi connectivity index (χ0) is 11.5. The van der Waals surface area contributed by atoms with Crippen molar-refractivity contribution in [3.05, 3.63) is 0 Å². The lowest BCUT2D eigenvalue weighted by atomic mass is 9.82. The lowest BCUT2D eigenvalue weighted by Crippen LogP contribution is -2.39. The average molecular weight is 239 g/mol. The van der Waals surface area contributed by atoms with Crippen molar-refractivity contribution in [1.82, 2.24) is 0 Å². The van der Waals surface area contributed by atoms with Gasteiger partial charge < -0.3 is 10.2 Å². The molecule has 0 bridgehead atoms. The maximum absolute atomic E-state index is 13.7. The topological polar surface area (TPSA) is 40.5 Å². The first-order valence-electron chi connectivity index (χ1n) is 5.56. The van der Waals surface area contributed by atoms with Crippen molar-refractivity contribution in [3.8, 4) is 0 Å². The summed E-state index contributed by atoms with van der Waals surface area (Å²) in [4.78, 5) is 0. The first-order valence-corrected chi connectivity index (χ1v) is 6.09. The van der Waals surface area contributed by atoms with Crippen LogP contribution in [0, 0.1) is 5.92 Å². The molecule has 0 heterocycles. The van der Waals surface area contributed by atoms with Crippen LogP contribution in [0.3, 0.4) is 0 Å². The minimum absolute atomic E-state index is 0.0798. The molecule has 15 heavy (non-hydrogen) atoms. The summed E-state index contributed by atoms with van der Waals surface area (Å²) < 4.78 is 13.7. The number of hydrogen-bond donors (Lipinski definition) is 2. The molecule has 2 nitrogen and oxygen atoms in total. The molecule has 0 saturated heterocycles. The van der Waals surface area contributed by atoms with Crippen molar-refractivity contribution < 1.29 is 14.6 Å². The fourth-order valence-corrected chi connectivity index (χ4v) is 2.18. The second-order valence-electron chi connectivity index (χ2n) is 4.87. The van der Waals surface area contributed by atoms with Crippen LogP contribution in [-0.2, 0) is 0 Å². The van der Waals surface area contributed by atoms with E-state index in [0.717, 1.165) is 25.7 Å². The Balaban J connectivity index is 2.35. The van der Waals surface area contributed by atoms with Crippen molar-refractivity contribution in [3.63, 3.8) is 0 Å². The summed E-state index contributed by atoms with van der Waals surface area (Å²) in [5, 5.41) is 18.9. The van der Waals surface area contributed by atoms with E-state index in [1.165, 1.54) is 6.92 Å². The van der Waals surface area contributed by atoms with E-state index in [4.69, 9.17) is 11.6 Å². The highest BCUT2D eigenvalue weighted by Gasteiger charge is 2.34. The molecule has 0 aliphatic heterocycles. The van der Waals surface area contributed by atoms with Gasteiger partial charge in [0.2, 0.25) is 0 Å². The third-order valence-corrected chi connectivity index (χ3v) is 3.84. The SMILES string of the molecule is CC(O)(CCl)C(F)CC1CCC(O)CC1. The Labute approximate surface area is 95.4 Å². The van der Waals surface area contributed by atoms with Crippen LogP contribution in [0.25, 0.3) is 0 Å². The van der Waals surface area contributed by atoms with E-state index in [1.54, 1.807) is 0 Å². The Bertz CT molecular complexity index is 191. The van der Waals surface area contributed by atoms with Gasteiger partial charge in [0.15, 0.2) is 0 Å². The van der Waals surface area contributed by atoms with Gasteiger partial charge in [0.25, 0.3) is 0 Å². The molecule has 1 aliphatic carbocycles. The van der Waals surface area contributed by atoms with Crippen molar-refractivity contribution in [1.29, 1.82) is 0 Å². The molecule has 0 radical (unpaired) electrons. The molecule has 1 fully saturated rings. The summed E-state index contributed by atoms with van der Waals surface area (Å²) in [6, 6.07) is 0. The van der Waals surface area contributed by atoms with E-state index >= 15 is 0 Å². The predicted octanol–water partition coefficient (Wildman–Crippen LogP) is 2.26. The van der Waals surface area contributed by atoms with Crippen LogP contribution in [0.5, 0.6) is 0 Å².